The molecule has 0 spiro atoms. The zero-order chi connectivity index (χ0) is 14.8. The van der Waals surface area contributed by atoms with Gasteiger partial charge < -0.3 is 15.2 Å². The topological polar surface area (TPSA) is 58.6 Å². The predicted octanol–water partition coefficient (Wildman–Crippen LogP) is 2.15. The van der Waals surface area contributed by atoms with Crippen LogP contribution in [0.4, 0.5) is 4.39 Å². The summed E-state index contributed by atoms with van der Waals surface area (Å²) in [7, 11) is 0. The van der Waals surface area contributed by atoms with Crippen molar-refractivity contribution >= 4 is 5.91 Å². The Kier molecular flexibility index (Phi) is 4.28. The second-order valence-corrected chi connectivity index (χ2v) is 5.83. The maximum Gasteiger partial charge on any atom is 0.224 e. The summed E-state index contributed by atoms with van der Waals surface area (Å²) in [5.41, 5.74) is 0.324. The summed E-state index contributed by atoms with van der Waals surface area (Å²) in [5, 5.41) is 12.1. The Morgan fingerprint density at radius 3 is 2.95 bits per heavy atom. The zero-order valence-electron chi connectivity index (χ0n) is 11.8. The van der Waals surface area contributed by atoms with Crippen LogP contribution in [0, 0.1) is 5.82 Å². The number of nitrogens with one attached hydrogen (secondary N) is 1. The van der Waals surface area contributed by atoms with Crippen molar-refractivity contribution in [3.63, 3.8) is 0 Å². The molecule has 0 unspecified atom stereocenters. The minimum Gasteiger partial charge on any atom is -0.505 e. The van der Waals surface area contributed by atoms with Gasteiger partial charge in [0.2, 0.25) is 5.91 Å². The van der Waals surface area contributed by atoms with E-state index in [0.717, 1.165) is 12.8 Å². The molecule has 0 aliphatic carbocycles. The van der Waals surface area contributed by atoms with Crippen molar-refractivity contribution in [2.24, 2.45) is 0 Å². The standard InChI is InChI=1S/C15H20FNO3/c1-15(2)9-11(5-6-20-15)17-14(19)8-10-3-4-13(18)12(16)7-10/h3-4,7,11,18H,5-6,8-9H2,1-2H3,(H,17,19)/t11-/m1/s1. The SMILES string of the molecule is CC1(C)C[C@H](NC(=O)Cc2ccc(O)c(F)c2)CCO1. The van der Waals surface area contributed by atoms with Gasteiger partial charge in [-0.15, -0.1) is 0 Å². The monoisotopic (exact) mass is 281 g/mol. The molecule has 0 saturated carbocycles. The molecule has 0 aromatic heterocycles. The third-order valence-corrected chi connectivity index (χ3v) is 3.44. The number of amides is 1. The lowest BCUT2D eigenvalue weighted by Gasteiger charge is -2.35. The van der Waals surface area contributed by atoms with Crippen LogP contribution >= 0.6 is 0 Å². The normalized spacial score (nSPS) is 21.4. The largest absolute Gasteiger partial charge is 0.505 e. The van der Waals surface area contributed by atoms with Crippen LogP contribution in [-0.4, -0.2) is 29.3 Å². The molecule has 1 atom stereocenters. The molecule has 1 amide bonds. The first kappa shape index (κ1) is 14.8. The molecule has 0 bridgehead atoms. The average Bonchev–Trinajstić information content (AvgIpc) is 2.32. The lowest BCUT2D eigenvalue weighted by atomic mass is 9.94. The van der Waals surface area contributed by atoms with Crippen molar-refractivity contribution < 1.29 is 19.0 Å². The highest BCUT2D eigenvalue weighted by atomic mass is 19.1. The van der Waals surface area contributed by atoms with E-state index in [-0.39, 0.29) is 24.0 Å². The average molecular weight is 281 g/mol. The molecular formula is C15H20FNO3. The number of phenolic OH excluding ortho intramolecular Hbond substituents is 1. The van der Waals surface area contributed by atoms with Gasteiger partial charge in [0.05, 0.1) is 12.0 Å². The second kappa shape index (κ2) is 5.79. The van der Waals surface area contributed by atoms with E-state index in [0.29, 0.717) is 12.2 Å². The van der Waals surface area contributed by atoms with E-state index in [2.05, 4.69) is 5.32 Å². The van der Waals surface area contributed by atoms with Crippen LogP contribution < -0.4 is 5.32 Å². The number of carbonyl (C=O) groups excluding carboxylic acids is 1. The van der Waals surface area contributed by atoms with Crippen LogP contribution in [-0.2, 0) is 16.0 Å². The van der Waals surface area contributed by atoms with Gasteiger partial charge in [0.25, 0.3) is 0 Å². The van der Waals surface area contributed by atoms with Crippen molar-refractivity contribution in [1.82, 2.24) is 5.32 Å². The Morgan fingerprint density at radius 2 is 2.30 bits per heavy atom. The molecule has 1 fully saturated rings. The Morgan fingerprint density at radius 1 is 1.55 bits per heavy atom. The molecule has 0 radical (unpaired) electrons. The number of aromatic hydroxyl groups is 1. The van der Waals surface area contributed by atoms with Crippen LogP contribution in [0.3, 0.4) is 0 Å². The Labute approximate surface area is 117 Å². The fourth-order valence-electron chi connectivity index (χ4n) is 2.48. The van der Waals surface area contributed by atoms with Crippen LogP contribution in [0.5, 0.6) is 5.75 Å². The molecule has 1 aliphatic rings. The van der Waals surface area contributed by atoms with Gasteiger partial charge in [-0.2, -0.15) is 0 Å². The third-order valence-electron chi connectivity index (χ3n) is 3.44. The van der Waals surface area contributed by atoms with Crippen molar-refractivity contribution in [1.29, 1.82) is 0 Å². The van der Waals surface area contributed by atoms with Gasteiger partial charge in [0.1, 0.15) is 0 Å². The van der Waals surface area contributed by atoms with E-state index in [1.54, 1.807) is 6.07 Å². The van der Waals surface area contributed by atoms with E-state index < -0.39 is 11.6 Å². The smallest absolute Gasteiger partial charge is 0.224 e. The van der Waals surface area contributed by atoms with E-state index in [9.17, 15) is 9.18 Å². The fourth-order valence-corrected chi connectivity index (χ4v) is 2.48. The number of rotatable bonds is 3. The minimum atomic E-state index is -0.706. The lowest BCUT2D eigenvalue weighted by Crippen LogP contribution is -2.46. The summed E-state index contributed by atoms with van der Waals surface area (Å²) in [6.07, 6.45) is 1.66. The molecule has 4 nitrogen and oxygen atoms in total. The Bertz CT molecular complexity index is 502. The van der Waals surface area contributed by atoms with Gasteiger partial charge in [-0.3, -0.25) is 4.79 Å². The van der Waals surface area contributed by atoms with Crippen molar-refractivity contribution in [2.75, 3.05) is 6.61 Å². The first-order chi connectivity index (χ1) is 9.35. The molecule has 20 heavy (non-hydrogen) atoms. The summed E-state index contributed by atoms with van der Waals surface area (Å²) < 4.78 is 18.8. The summed E-state index contributed by atoms with van der Waals surface area (Å²) in [4.78, 5) is 12.0. The number of carbonyl (C=O) groups is 1. The predicted molar refractivity (Wildman–Crippen MR) is 73.0 cm³/mol. The summed E-state index contributed by atoms with van der Waals surface area (Å²) in [6, 6.07) is 4.08. The molecule has 2 N–H and O–H groups in total. The number of ether oxygens (including phenoxy) is 1. The number of halogens is 1. The van der Waals surface area contributed by atoms with E-state index >= 15 is 0 Å². The first-order valence-electron chi connectivity index (χ1n) is 6.76. The van der Waals surface area contributed by atoms with Gasteiger partial charge in [-0.1, -0.05) is 6.07 Å². The quantitative estimate of drug-likeness (QED) is 0.892. The minimum absolute atomic E-state index is 0.0909. The summed E-state index contributed by atoms with van der Waals surface area (Å²) in [6.45, 7) is 4.63. The van der Waals surface area contributed by atoms with Gasteiger partial charge in [0.15, 0.2) is 11.6 Å². The maximum absolute atomic E-state index is 13.2. The second-order valence-electron chi connectivity index (χ2n) is 5.83. The van der Waals surface area contributed by atoms with Gasteiger partial charge >= 0.3 is 0 Å². The molecule has 5 heteroatoms. The zero-order valence-corrected chi connectivity index (χ0v) is 11.8. The number of phenols is 1. The molecule has 110 valence electrons. The van der Waals surface area contributed by atoms with Crippen molar-refractivity contribution in [2.45, 2.75) is 44.8 Å². The third kappa shape index (κ3) is 3.93. The van der Waals surface area contributed by atoms with Crippen LogP contribution in [0.1, 0.15) is 32.3 Å². The van der Waals surface area contributed by atoms with Crippen LogP contribution in [0.2, 0.25) is 0 Å². The van der Waals surface area contributed by atoms with E-state index in [4.69, 9.17) is 9.84 Å². The maximum atomic E-state index is 13.2. The molecular weight excluding hydrogens is 261 g/mol. The lowest BCUT2D eigenvalue weighted by molar-refractivity contribution is -0.123. The van der Waals surface area contributed by atoms with Gasteiger partial charge in [0, 0.05) is 12.6 Å². The molecule has 1 aromatic rings. The number of hydrogen-bond acceptors (Lipinski definition) is 3. The summed E-state index contributed by atoms with van der Waals surface area (Å²) >= 11 is 0. The number of hydrogen-bond donors (Lipinski definition) is 2. The van der Waals surface area contributed by atoms with Crippen LogP contribution in [0.15, 0.2) is 18.2 Å². The molecule has 1 heterocycles. The molecule has 1 aliphatic heterocycles. The fraction of sp³-hybridized carbons (Fsp3) is 0.533. The van der Waals surface area contributed by atoms with Gasteiger partial charge in [-0.25, -0.2) is 4.39 Å². The van der Waals surface area contributed by atoms with E-state index in [1.165, 1.54) is 12.1 Å². The van der Waals surface area contributed by atoms with Crippen molar-refractivity contribution in [3.05, 3.63) is 29.6 Å². The molecule has 1 aromatic carbocycles. The molecule has 1 saturated heterocycles. The van der Waals surface area contributed by atoms with Crippen molar-refractivity contribution in [3.8, 4) is 5.75 Å². The number of benzene rings is 1. The Balaban J connectivity index is 1.90. The Hall–Kier alpha value is -1.62. The molecule has 2 rings (SSSR count). The van der Waals surface area contributed by atoms with E-state index in [1.807, 2.05) is 13.8 Å². The van der Waals surface area contributed by atoms with Gasteiger partial charge in [-0.05, 0) is 44.4 Å². The van der Waals surface area contributed by atoms with Crippen LogP contribution in [0.25, 0.3) is 0 Å². The highest BCUT2D eigenvalue weighted by Crippen LogP contribution is 2.24. The first-order valence-corrected chi connectivity index (χ1v) is 6.76. The highest BCUT2D eigenvalue weighted by molar-refractivity contribution is 5.78. The summed E-state index contributed by atoms with van der Waals surface area (Å²) in [5.74, 6) is -1.25. The highest BCUT2D eigenvalue weighted by Gasteiger charge is 2.29.